The standard InChI is InChI=1S/C8H10N2S2/c1-2-10-3-4-11-8-7(10)6(9-1)5-12-8/h5,9H,1-4H2. The maximum atomic E-state index is 3.44. The second-order valence-electron chi connectivity index (χ2n) is 3.05. The smallest absolute Gasteiger partial charge is 0.0855 e. The van der Waals surface area contributed by atoms with Crippen LogP contribution in [0.15, 0.2) is 9.59 Å². The van der Waals surface area contributed by atoms with E-state index in [1.54, 1.807) is 0 Å². The van der Waals surface area contributed by atoms with E-state index in [1.165, 1.54) is 34.4 Å². The molecule has 0 radical (unpaired) electrons. The monoisotopic (exact) mass is 198 g/mol. The maximum Gasteiger partial charge on any atom is 0.0855 e. The minimum absolute atomic E-state index is 1.10. The van der Waals surface area contributed by atoms with E-state index >= 15 is 0 Å². The molecule has 0 spiro atoms. The third-order valence-electron chi connectivity index (χ3n) is 2.34. The van der Waals surface area contributed by atoms with Gasteiger partial charge in [0.1, 0.15) is 0 Å². The zero-order chi connectivity index (χ0) is 7.97. The molecule has 0 unspecified atom stereocenters. The molecule has 0 amide bonds. The van der Waals surface area contributed by atoms with E-state index in [-0.39, 0.29) is 0 Å². The lowest BCUT2D eigenvalue weighted by molar-refractivity contribution is 0.808. The number of hydrogen-bond donors (Lipinski definition) is 1. The minimum atomic E-state index is 1.10. The lowest BCUT2D eigenvalue weighted by atomic mass is 10.3. The van der Waals surface area contributed by atoms with Gasteiger partial charge in [0.05, 0.1) is 15.6 Å². The van der Waals surface area contributed by atoms with Crippen LogP contribution in [0, 0.1) is 0 Å². The Hall–Kier alpha value is -0.350. The highest BCUT2D eigenvalue weighted by molar-refractivity contribution is 8.01. The van der Waals surface area contributed by atoms with Crippen LogP contribution >= 0.6 is 23.1 Å². The number of anilines is 2. The SMILES string of the molecule is c1sc2c3c1NCCN3CCS2. The Morgan fingerprint density at radius 3 is 3.42 bits per heavy atom. The first-order valence-electron chi connectivity index (χ1n) is 4.18. The van der Waals surface area contributed by atoms with E-state index in [0.29, 0.717) is 0 Å². The summed E-state index contributed by atoms with van der Waals surface area (Å²) >= 11 is 3.88. The summed E-state index contributed by atoms with van der Waals surface area (Å²) < 4.78 is 1.50. The molecule has 0 aromatic carbocycles. The average molecular weight is 198 g/mol. The molecule has 1 aromatic heterocycles. The Morgan fingerprint density at radius 1 is 1.42 bits per heavy atom. The Bertz CT molecular complexity index is 281. The molecule has 3 rings (SSSR count). The lowest BCUT2D eigenvalue weighted by Crippen LogP contribution is -2.36. The van der Waals surface area contributed by atoms with Crippen LogP contribution in [0.5, 0.6) is 0 Å². The second kappa shape index (κ2) is 2.57. The van der Waals surface area contributed by atoms with E-state index in [0.717, 1.165) is 6.54 Å². The van der Waals surface area contributed by atoms with Crippen molar-refractivity contribution in [2.75, 3.05) is 35.6 Å². The quantitative estimate of drug-likeness (QED) is 0.687. The van der Waals surface area contributed by atoms with Gasteiger partial charge in [-0.1, -0.05) is 0 Å². The number of thioether (sulfide) groups is 1. The molecule has 0 aliphatic carbocycles. The average Bonchev–Trinajstić information content (AvgIpc) is 2.52. The van der Waals surface area contributed by atoms with Gasteiger partial charge in [-0.3, -0.25) is 0 Å². The van der Waals surface area contributed by atoms with Gasteiger partial charge in [-0.15, -0.1) is 23.1 Å². The van der Waals surface area contributed by atoms with Gasteiger partial charge in [-0.05, 0) is 0 Å². The van der Waals surface area contributed by atoms with Crippen LogP contribution in [-0.4, -0.2) is 25.4 Å². The topological polar surface area (TPSA) is 15.3 Å². The first kappa shape index (κ1) is 7.09. The molecule has 0 saturated carbocycles. The van der Waals surface area contributed by atoms with Crippen molar-refractivity contribution >= 4 is 34.5 Å². The van der Waals surface area contributed by atoms with Crippen molar-refractivity contribution in [3.63, 3.8) is 0 Å². The van der Waals surface area contributed by atoms with Gasteiger partial charge in [-0.25, -0.2) is 0 Å². The molecular formula is C8H10N2S2. The molecule has 3 heterocycles. The summed E-state index contributed by atoms with van der Waals surface area (Å²) in [4.78, 5) is 2.51. The first-order valence-corrected chi connectivity index (χ1v) is 6.05. The largest absolute Gasteiger partial charge is 0.381 e. The van der Waals surface area contributed by atoms with E-state index in [4.69, 9.17) is 0 Å². The van der Waals surface area contributed by atoms with Gasteiger partial charge in [0.15, 0.2) is 0 Å². The summed E-state index contributed by atoms with van der Waals surface area (Å²) in [6, 6.07) is 0. The minimum Gasteiger partial charge on any atom is -0.381 e. The van der Waals surface area contributed by atoms with Crippen LogP contribution < -0.4 is 10.2 Å². The van der Waals surface area contributed by atoms with Gasteiger partial charge in [0.2, 0.25) is 0 Å². The highest BCUT2D eigenvalue weighted by atomic mass is 32.2. The van der Waals surface area contributed by atoms with Crippen LogP contribution in [0.1, 0.15) is 0 Å². The molecule has 2 nitrogen and oxygen atoms in total. The van der Waals surface area contributed by atoms with E-state index < -0.39 is 0 Å². The van der Waals surface area contributed by atoms with Crippen LogP contribution in [0.2, 0.25) is 0 Å². The van der Waals surface area contributed by atoms with Crippen LogP contribution in [0.3, 0.4) is 0 Å². The molecule has 0 fully saturated rings. The zero-order valence-electron chi connectivity index (χ0n) is 6.67. The third kappa shape index (κ3) is 0.880. The molecule has 0 bridgehead atoms. The van der Waals surface area contributed by atoms with Crippen LogP contribution in [-0.2, 0) is 0 Å². The van der Waals surface area contributed by atoms with E-state index in [9.17, 15) is 0 Å². The van der Waals surface area contributed by atoms with Gasteiger partial charge in [0.25, 0.3) is 0 Å². The number of rotatable bonds is 0. The second-order valence-corrected chi connectivity index (χ2v) is 5.29. The van der Waals surface area contributed by atoms with Crippen molar-refractivity contribution in [3.8, 4) is 0 Å². The normalized spacial score (nSPS) is 20.2. The Labute approximate surface area is 80.0 Å². The predicted octanol–water partition coefficient (Wildman–Crippen LogP) is 2.09. The molecule has 1 aromatic rings. The summed E-state index contributed by atoms with van der Waals surface area (Å²) in [5.41, 5.74) is 2.83. The third-order valence-corrected chi connectivity index (χ3v) is 4.59. The predicted molar refractivity (Wildman–Crippen MR) is 55.7 cm³/mol. The molecule has 2 aliphatic heterocycles. The van der Waals surface area contributed by atoms with Crippen molar-refractivity contribution in [2.24, 2.45) is 0 Å². The fourth-order valence-corrected chi connectivity index (χ4v) is 4.08. The van der Waals surface area contributed by atoms with E-state index in [2.05, 4.69) is 15.6 Å². The molecule has 1 N–H and O–H groups in total. The summed E-state index contributed by atoms with van der Waals surface area (Å²) in [6.45, 7) is 3.51. The summed E-state index contributed by atoms with van der Waals surface area (Å²) in [5, 5.41) is 5.68. The molecular weight excluding hydrogens is 188 g/mol. The van der Waals surface area contributed by atoms with Crippen LogP contribution in [0.4, 0.5) is 11.4 Å². The summed E-state index contributed by atoms with van der Waals surface area (Å²) in [6.07, 6.45) is 0. The Morgan fingerprint density at radius 2 is 2.42 bits per heavy atom. The number of nitrogens with zero attached hydrogens (tertiary/aromatic N) is 1. The fourth-order valence-electron chi connectivity index (χ4n) is 1.77. The Balaban J connectivity index is 2.16. The van der Waals surface area contributed by atoms with Crippen molar-refractivity contribution in [2.45, 2.75) is 4.21 Å². The van der Waals surface area contributed by atoms with Gasteiger partial charge >= 0.3 is 0 Å². The summed E-state index contributed by atoms with van der Waals surface area (Å²) in [7, 11) is 0. The van der Waals surface area contributed by atoms with Gasteiger partial charge in [-0.2, -0.15) is 0 Å². The number of thiophene rings is 1. The summed E-state index contributed by atoms with van der Waals surface area (Å²) in [5.74, 6) is 1.26. The van der Waals surface area contributed by atoms with Crippen molar-refractivity contribution in [1.82, 2.24) is 0 Å². The first-order chi connectivity index (χ1) is 5.95. The molecule has 64 valence electrons. The molecule has 4 heteroatoms. The highest BCUT2D eigenvalue weighted by Crippen LogP contribution is 2.46. The van der Waals surface area contributed by atoms with E-state index in [1.807, 2.05) is 23.1 Å². The highest BCUT2D eigenvalue weighted by Gasteiger charge is 2.25. The van der Waals surface area contributed by atoms with Crippen molar-refractivity contribution in [3.05, 3.63) is 5.38 Å². The fraction of sp³-hybridized carbons (Fsp3) is 0.500. The number of nitrogens with one attached hydrogen (secondary N) is 1. The lowest BCUT2D eigenvalue weighted by Gasteiger charge is -2.33. The maximum absolute atomic E-state index is 3.44. The van der Waals surface area contributed by atoms with Gasteiger partial charge in [0, 0.05) is 30.8 Å². The van der Waals surface area contributed by atoms with Crippen molar-refractivity contribution < 1.29 is 0 Å². The van der Waals surface area contributed by atoms with Crippen molar-refractivity contribution in [1.29, 1.82) is 0 Å². The van der Waals surface area contributed by atoms with Crippen LogP contribution in [0.25, 0.3) is 0 Å². The molecule has 0 atom stereocenters. The van der Waals surface area contributed by atoms with Gasteiger partial charge < -0.3 is 10.2 Å². The molecule has 12 heavy (non-hydrogen) atoms. The zero-order valence-corrected chi connectivity index (χ0v) is 8.30. The number of hydrogen-bond acceptors (Lipinski definition) is 4. The Kier molecular flexibility index (Phi) is 1.52. The molecule has 0 saturated heterocycles. The molecule has 2 aliphatic rings.